The van der Waals surface area contributed by atoms with E-state index in [0.717, 1.165) is 6.42 Å². The molecule has 20 heavy (non-hydrogen) atoms. The second-order valence-electron chi connectivity index (χ2n) is 6.85. The van der Waals surface area contributed by atoms with Gasteiger partial charge in [-0.15, -0.1) is 6.42 Å². The number of likely N-dealkylation sites (tertiary alicyclic amines) is 1. The Bertz CT molecular complexity index is 499. The monoisotopic (exact) mass is 273 g/mol. The maximum Gasteiger partial charge on any atom is 0.233 e. The van der Waals surface area contributed by atoms with Crippen molar-refractivity contribution in [3.63, 3.8) is 0 Å². The fourth-order valence-electron chi connectivity index (χ4n) is 3.88. The van der Waals surface area contributed by atoms with Gasteiger partial charge in [-0.3, -0.25) is 14.5 Å². The van der Waals surface area contributed by atoms with Crippen LogP contribution in [-0.2, 0) is 9.59 Å². The van der Waals surface area contributed by atoms with Gasteiger partial charge in [-0.1, -0.05) is 12.2 Å². The van der Waals surface area contributed by atoms with Crippen molar-refractivity contribution >= 4 is 11.8 Å². The van der Waals surface area contributed by atoms with Gasteiger partial charge in [-0.25, -0.2) is 0 Å². The molecule has 1 saturated carbocycles. The third-order valence-corrected chi connectivity index (χ3v) is 5.01. The molecule has 106 valence electrons. The molecule has 1 heterocycles. The standard InChI is InChI=1S/C16H21N2O2/c1-4-8-18(2,3)9-7-17-15(19)13-11-5-6-12(10-11)14(13)16(17)20/h1,5-6,11-14H,7-10H2,2-3H3/q+1/t11-,12+,13-,14+. The molecule has 2 amide bonds. The summed E-state index contributed by atoms with van der Waals surface area (Å²) in [5.41, 5.74) is 0. The van der Waals surface area contributed by atoms with Crippen LogP contribution in [0.15, 0.2) is 12.2 Å². The van der Waals surface area contributed by atoms with Crippen LogP contribution in [0.3, 0.4) is 0 Å². The first-order valence-corrected chi connectivity index (χ1v) is 7.23. The van der Waals surface area contributed by atoms with E-state index in [1.54, 1.807) is 0 Å². The third-order valence-electron chi connectivity index (χ3n) is 5.01. The van der Waals surface area contributed by atoms with E-state index >= 15 is 0 Å². The number of likely N-dealkylation sites (N-methyl/N-ethyl adjacent to an activating group) is 1. The molecule has 4 heteroatoms. The number of rotatable bonds is 4. The fraction of sp³-hybridized carbons (Fsp3) is 0.625. The summed E-state index contributed by atoms with van der Waals surface area (Å²) in [4.78, 5) is 26.5. The van der Waals surface area contributed by atoms with Crippen LogP contribution in [0.5, 0.6) is 0 Å². The number of carbonyl (C=O) groups is 2. The molecular weight excluding hydrogens is 252 g/mol. The molecule has 4 atom stereocenters. The van der Waals surface area contributed by atoms with E-state index in [1.807, 2.05) is 14.1 Å². The van der Waals surface area contributed by atoms with Crippen LogP contribution in [0.4, 0.5) is 0 Å². The Morgan fingerprint density at radius 3 is 2.30 bits per heavy atom. The highest BCUT2D eigenvalue weighted by molar-refractivity contribution is 6.06. The number of hydrogen-bond donors (Lipinski definition) is 0. The van der Waals surface area contributed by atoms with Crippen LogP contribution >= 0.6 is 0 Å². The van der Waals surface area contributed by atoms with E-state index in [2.05, 4.69) is 18.1 Å². The van der Waals surface area contributed by atoms with Gasteiger partial charge in [0.05, 0.1) is 39.0 Å². The Morgan fingerprint density at radius 2 is 1.80 bits per heavy atom. The normalized spacial score (nSPS) is 34.8. The van der Waals surface area contributed by atoms with Crippen molar-refractivity contribution in [1.82, 2.24) is 4.90 Å². The molecule has 0 N–H and O–H groups in total. The predicted molar refractivity (Wildman–Crippen MR) is 75.1 cm³/mol. The lowest BCUT2D eigenvalue weighted by Crippen LogP contribution is -2.47. The zero-order chi connectivity index (χ0) is 14.5. The van der Waals surface area contributed by atoms with Gasteiger partial charge in [0.1, 0.15) is 6.54 Å². The summed E-state index contributed by atoms with van der Waals surface area (Å²) >= 11 is 0. The summed E-state index contributed by atoms with van der Waals surface area (Å²) in [5.74, 6) is 3.14. The van der Waals surface area contributed by atoms with Crippen molar-refractivity contribution in [3.8, 4) is 12.3 Å². The molecule has 0 aromatic carbocycles. The first kappa shape index (κ1) is 13.4. The highest BCUT2D eigenvalue weighted by atomic mass is 16.2. The molecule has 0 radical (unpaired) electrons. The molecule has 2 bridgehead atoms. The average Bonchev–Trinajstić information content (AvgIpc) is 3.03. The van der Waals surface area contributed by atoms with Crippen molar-refractivity contribution in [2.24, 2.45) is 23.7 Å². The minimum Gasteiger partial charge on any atom is -0.317 e. The lowest BCUT2D eigenvalue weighted by Gasteiger charge is -2.29. The van der Waals surface area contributed by atoms with Crippen LogP contribution in [0.1, 0.15) is 6.42 Å². The first-order valence-electron chi connectivity index (χ1n) is 7.23. The highest BCUT2D eigenvalue weighted by Gasteiger charge is 2.59. The molecule has 3 aliphatic rings. The third kappa shape index (κ3) is 1.89. The number of nitrogens with zero attached hydrogens (tertiary/aromatic N) is 2. The van der Waals surface area contributed by atoms with Crippen LogP contribution < -0.4 is 0 Å². The number of carbonyl (C=O) groups excluding carboxylic acids is 2. The molecule has 2 aliphatic carbocycles. The highest BCUT2D eigenvalue weighted by Crippen LogP contribution is 2.52. The van der Waals surface area contributed by atoms with Gasteiger partial charge < -0.3 is 4.48 Å². The van der Waals surface area contributed by atoms with E-state index in [9.17, 15) is 9.59 Å². The van der Waals surface area contributed by atoms with Gasteiger partial charge in [-0.05, 0) is 24.2 Å². The fourth-order valence-corrected chi connectivity index (χ4v) is 3.88. The number of imide groups is 1. The lowest BCUT2D eigenvalue weighted by atomic mass is 9.85. The van der Waals surface area contributed by atoms with Crippen molar-refractivity contribution in [1.29, 1.82) is 0 Å². The Hall–Kier alpha value is -1.60. The molecule has 1 aliphatic heterocycles. The SMILES string of the molecule is C#CC[N+](C)(C)CCN1C(=O)[C@@H]2[C@H](C1=O)[C@@H]1C=C[C@H]2C1. The van der Waals surface area contributed by atoms with Crippen LogP contribution in [0, 0.1) is 36.0 Å². The Morgan fingerprint density at radius 1 is 1.25 bits per heavy atom. The van der Waals surface area contributed by atoms with Crippen molar-refractivity contribution in [3.05, 3.63) is 12.2 Å². The summed E-state index contributed by atoms with van der Waals surface area (Å²) in [6.45, 7) is 1.80. The zero-order valence-electron chi connectivity index (χ0n) is 12.1. The number of quaternary nitrogens is 1. The largest absolute Gasteiger partial charge is 0.317 e. The molecule has 3 rings (SSSR count). The molecular formula is C16H21N2O2+. The second-order valence-corrected chi connectivity index (χ2v) is 6.85. The van der Waals surface area contributed by atoms with E-state index in [-0.39, 0.29) is 23.7 Å². The zero-order valence-corrected chi connectivity index (χ0v) is 12.1. The van der Waals surface area contributed by atoms with Gasteiger partial charge in [-0.2, -0.15) is 0 Å². The van der Waals surface area contributed by atoms with Crippen LogP contribution in [0.25, 0.3) is 0 Å². The number of allylic oxidation sites excluding steroid dienone is 2. The van der Waals surface area contributed by atoms with Gasteiger partial charge >= 0.3 is 0 Å². The molecule has 2 fully saturated rings. The van der Waals surface area contributed by atoms with Crippen molar-refractivity contribution in [2.75, 3.05) is 33.7 Å². The van der Waals surface area contributed by atoms with Gasteiger partial charge in [0.2, 0.25) is 11.8 Å². The van der Waals surface area contributed by atoms with E-state index in [0.29, 0.717) is 36.0 Å². The molecule has 0 aromatic heterocycles. The molecule has 4 nitrogen and oxygen atoms in total. The minimum atomic E-state index is -0.0826. The number of hydrogen-bond acceptors (Lipinski definition) is 2. The number of fused-ring (bicyclic) bond motifs is 5. The van der Waals surface area contributed by atoms with Gasteiger partial charge in [0.25, 0.3) is 0 Å². The summed E-state index contributed by atoms with van der Waals surface area (Å²) in [7, 11) is 4.05. The number of terminal acetylenes is 1. The average molecular weight is 273 g/mol. The smallest absolute Gasteiger partial charge is 0.233 e. The van der Waals surface area contributed by atoms with E-state index < -0.39 is 0 Å². The summed E-state index contributed by atoms with van der Waals surface area (Å²) in [5, 5.41) is 0. The van der Waals surface area contributed by atoms with Gasteiger partial charge in [0.15, 0.2) is 0 Å². The Kier molecular flexibility index (Phi) is 2.98. The minimum absolute atomic E-state index is 0.0394. The molecule has 0 spiro atoms. The predicted octanol–water partition coefficient (Wildman–Crippen LogP) is 0.503. The number of amides is 2. The van der Waals surface area contributed by atoms with Crippen LogP contribution in [0.2, 0.25) is 0 Å². The summed E-state index contributed by atoms with van der Waals surface area (Å²) < 4.78 is 0.633. The lowest BCUT2D eigenvalue weighted by molar-refractivity contribution is -0.882. The van der Waals surface area contributed by atoms with Crippen molar-refractivity contribution < 1.29 is 14.1 Å². The molecule has 0 aromatic rings. The maximum absolute atomic E-state index is 12.5. The maximum atomic E-state index is 12.5. The Balaban J connectivity index is 1.70. The summed E-state index contributed by atoms with van der Waals surface area (Å²) in [6.07, 6.45) is 10.6. The Labute approximate surface area is 120 Å². The van der Waals surface area contributed by atoms with Gasteiger partial charge in [0, 0.05) is 0 Å². The topological polar surface area (TPSA) is 37.4 Å². The van der Waals surface area contributed by atoms with E-state index in [4.69, 9.17) is 6.42 Å². The molecule has 1 saturated heterocycles. The first-order chi connectivity index (χ1) is 9.44. The van der Waals surface area contributed by atoms with Crippen LogP contribution in [-0.4, -0.2) is 54.9 Å². The van der Waals surface area contributed by atoms with Crippen molar-refractivity contribution in [2.45, 2.75) is 6.42 Å². The summed E-state index contributed by atoms with van der Waals surface area (Å²) in [6, 6.07) is 0. The quantitative estimate of drug-likeness (QED) is 0.324. The second kappa shape index (κ2) is 4.46. The van der Waals surface area contributed by atoms with E-state index in [1.165, 1.54) is 4.90 Å². The molecule has 0 unspecified atom stereocenters.